The Morgan fingerprint density at radius 1 is 1.14 bits per heavy atom. The third-order valence-electron chi connectivity index (χ3n) is 3.95. The molecule has 0 aromatic heterocycles. The van der Waals surface area contributed by atoms with Gasteiger partial charge in [-0.3, -0.25) is 0 Å². The summed E-state index contributed by atoms with van der Waals surface area (Å²) < 4.78 is 24.5. The molecule has 1 atom stereocenters. The van der Waals surface area contributed by atoms with Crippen LogP contribution < -0.4 is 11.1 Å². The molecule has 0 bridgehead atoms. The van der Waals surface area contributed by atoms with Gasteiger partial charge in [0.25, 0.3) is 0 Å². The van der Waals surface area contributed by atoms with Gasteiger partial charge in [-0.15, -0.1) is 11.6 Å². The maximum atomic E-state index is 13.2. The normalized spacial score (nSPS) is 13.2. The van der Waals surface area contributed by atoms with Crippen LogP contribution in [0.3, 0.4) is 0 Å². The maximum absolute atomic E-state index is 13.2. The van der Waals surface area contributed by atoms with E-state index in [-0.39, 0.29) is 26.6 Å². The number of urea groups is 1. The Hall–Kier alpha value is -0.890. The van der Waals surface area contributed by atoms with E-state index < -0.39 is 25.0 Å². The van der Waals surface area contributed by atoms with E-state index in [1.54, 1.807) is 6.92 Å². The van der Waals surface area contributed by atoms with Gasteiger partial charge in [-0.2, -0.15) is 0 Å². The van der Waals surface area contributed by atoms with Crippen LogP contribution in [-0.2, 0) is 9.84 Å². The molecule has 2 rings (SSSR count). The molecule has 0 aliphatic carbocycles. The van der Waals surface area contributed by atoms with Crippen LogP contribution in [0.15, 0.2) is 40.1 Å². The lowest BCUT2D eigenvalue weighted by Gasteiger charge is -2.26. The largest absolute Gasteiger partial charge is 0.351 e. The number of amides is 2. The number of rotatable bonds is 4. The Labute approximate surface area is 188 Å². The van der Waals surface area contributed by atoms with E-state index in [2.05, 4.69) is 5.32 Å². The van der Waals surface area contributed by atoms with Gasteiger partial charge >= 0.3 is 6.03 Å². The molecule has 1 unspecified atom stereocenters. The molecule has 0 heterocycles. The molecular formula is C17H15Cl5N2O3S. The van der Waals surface area contributed by atoms with Crippen molar-refractivity contribution in [1.82, 2.24) is 0 Å². The predicted octanol–water partition coefficient (Wildman–Crippen LogP) is 5.93. The highest BCUT2D eigenvalue weighted by Gasteiger charge is 2.37. The Morgan fingerprint density at radius 3 is 2.14 bits per heavy atom. The summed E-state index contributed by atoms with van der Waals surface area (Å²) in [5, 5.41) is 1.53. The van der Waals surface area contributed by atoms with Crippen LogP contribution >= 0.6 is 58.0 Å². The molecule has 2 amide bonds. The van der Waals surface area contributed by atoms with Crippen LogP contribution in [0, 0.1) is 13.8 Å². The highest BCUT2D eigenvalue weighted by atomic mass is 35.6. The van der Waals surface area contributed by atoms with E-state index in [1.807, 2.05) is 0 Å². The van der Waals surface area contributed by atoms with Gasteiger partial charge in [0.05, 0.1) is 9.79 Å². The monoisotopic (exact) mass is 502 g/mol. The van der Waals surface area contributed by atoms with Crippen molar-refractivity contribution in [2.24, 2.45) is 5.73 Å². The summed E-state index contributed by atoms with van der Waals surface area (Å²) >= 11 is 30.0. The van der Waals surface area contributed by atoms with Gasteiger partial charge in [-0.05, 0) is 55.3 Å². The Kier molecular flexibility index (Phi) is 7.07. The second-order valence-electron chi connectivity index (χ2n) is 5.96. The summed E-state index contributed by atoms with van der Waals surface area (Å²) in [5.41, 5.74) is 6.08. The Morgan fingerprint density at radius 2 is 1.68 bits per heavy atom. The molecule has 2 aromatic carbocycles. The first kappa shape index (κ1) is 23.4. The van der Waals surface area contributed by atoms with Crippen LogP contribution in [-0.4, -0.2) is 18.2 Å². The highest BCUT2D eigenvalue weighted by molar-refractivity contribution is 7.91. The number of anilines is 1. The molecule has 0 radical (unpaired) electrons. The molecule has 3 N–H and O–H groups in total. The van der Waals surface area contributed by atoms with Crippen molar-refractivity contribution in [3.05, 3.63) is 52.0 Å². The number of sulfone groups is 1. The molecule has 0 saturated carbocycles. The zero-order valence-corrected chi connectivity index (χ0v) is 19.2. The molecule has 5 nitrogen and oxygen atoms in total. The molecule has 0 spiro atoms. The zero-order chi connectivity index (χ0) is 21.4. The zero-order valence-electron chi connectivity index (χ0n) is 14.6. The standard InChI is InChI=1S/C17H15Cl5N2O3S/c1-8-7-12(24-16(23)25)13(15(19)17(20,21)22)9(2)14(8)28(26,27)11-5-3-10(18)4-6-11/h3-7,15H,1-2H3,(H3,23,24,25). The number of primary amides is 1. The molecule has 152 valence electrons. The number of alkyl halides is 4. The van der Waals surface area contributed by atoms with Gasteiger partial charge in [-0.1, -0.05) is 46.4 Å². The Balaban J connectivity index is 2.82. The average molecular weight is 505 g/mol. The first-order valence-electron chi connectivity index (χ1n) is 7.68. The maximum Gasteiger partial charge on any atom is 0.316 e. The van der Waals surface area contributed by atoms with Crippen molar-refractivity contribution in [2.75, 3.05) is 5.32 Å². The minimum atomic E-state index is -3.95. The van der Waals surface area contributed by atoms with Crippen LogP contribution in [0.5, 0.6) is 0 Å². The van der Waals surface area contributed by atoms with Gasteiger partial charge in [0.2, 0.25) is 13.6 Å². The van der Waals surface area contributed by atoms with Crippen molar-refractivity contribution in [3.63, 3.8) is 0 Å². The van der Waals surface area contributed by atoms with Gasteiger partial charge in [0.15, 0.2) is 0 Å². The first-order valence-corrected chi connectivity index (χ1v) is 11.1. The second-order valence-corrected chi connectivity index (χ2v) is 11.1. The van der Waals surface area contributed by atoms with Crippen molar-refractivity contribution in [3.8, 4) is 0 Å². The van der Waals surface area contributed by atoms with Crippen molar-refractivity contribution in [2.45, 2.75) is 32.8 Å². The van der Waals surface area contributed by atoms with E-state index in [9.17, 15) is 13.2 Å². The number of hydrogen-bond donors (Lipinski definition) is 2. The van der Waals surface area contributed by atoms with Crippen molar-refractivity contribution >= 4 is 79.6 Å². The molecule has 0 aliphatic rings. The third-order valence-corrected chi connectivity index (χ3v) is 7.79. The highest BCUT2D eigenvalue weighted by Crippen LogP contribution is 2.49. The number of nitrogens with one attached hydrogen (secondary N) is 1. The molecule has 11 heteroatoms. The minimum absolute atomic E-state index is 0.0141. The Bertz CT molecular complexity index is 1020. The van der Waals surface area contributed by atoms with Crippen LogP contribution in [0.25, 0.3) is 0 Å². The fourth-order valence-electron chi connectivity index (χ4n) is 2.85. The number of carbonyl (C=O) groups excluding carboxylic acids is 1. The number of benzene rings is 2. The fourth-order valence-corrected chi connectivity index (χ4v) is 5.31. The van der Waals surface area contributed by atoms with Crippen LogP contribution in [0.2, 0.25) is 5.02 Å². The van der Waals surface area contributed by atoms with Gasteiger partial charge < -0.3 is 11.1 Å². The van der Waals surface area contributed by atoms with E-state index in [0.29, 0.717) is 10.6 Å². The number of aryl methyl sites for hydroxylation is 1. The molecule has 28 heavy (non-hydrogen) atoms. The van der Waals surface area contributed by atoms with Gasteiger partial charge in [0.1, 0.15) is 5.38 Å². The summed E-state index contributed by atoms with van der Waals surface area (Å²) in [6, 6.07) is 6.25. The van der Waals surface area contributed by atoms with Gasteiger partial charge in [-0.25, -0.2) is 13.2 Å². The second kappa shape index (κ2) is 8.46. The summed E-state index contributed by atoms with van der Waals surface area (Å²) in [6.45, 7) is 3.09. The molecule has 2 aromatic rings. The first-order chi connectivity index (χ1) is 12.8. The number of nitrogens with two attached hydrogens (primary N) is 1. The lowest BCUT2D eigenvalue weighted by molar-refractivity contribution is 0.259. The smallest absolute Gasteiger partial charge is 0.316 e. The van der Waals surface area contributed by atoms with E-state index >= 15 is 0 Å². The topological polar surface area (TPSA) is 89.3 Å². The third kappa shape index (κ3) is 4.81. The van der Waals surface area contributed by atoms with Crippen molar-refractivity contribution in [1.29, 1.82) is 0 Å². The summed E-state index contributed by atoms with van der Waals surface area (Å²) in [6.07, 6.45) is 0. The lowest BCUT2D eigenvalue weighted by atomic mass is 10.00. The lowest BCUT2D eigenvalue weighted by Crippen LogP contribution is -2.23. The fraction of sp³-hybridized carbons (Fsp3) is 0.235. The van der Waals surface area contributed by atoms with Crippen LogP contribution in [0.1, 0.15) is 22.1 Å². The molecule has 0 fully saturated rings. The number of hydrogen-bond acceptors (Lipinski definition) is 3. The van der Waals surface area contributed by atoms with E-state index in [4.69, 9.17) is 63.7 Å². The molecule has 0 saturated heterocycles. The molecule has 0 aliphatic heterocycles. The van der Waals surface area contributed by atoms with Crippen molar-refractivity contribution < 1.29 is 13.2 Å². The molecular weight excluding hydrogens is 490 g/mol. The summed E-state index contributed by atoms with van der Waals surface area (Å²) in [4.78, 5) is 11.4. The summed E-state index contributed by atoms with van der Waals surface area (Å²) in [7, 11) is -3.95. The number of halogens is 5. The summed E-state index contributed by atoms with van der Waals surface area (Å²) in [5.74, 6) is 0. The SMILES string of the molecule is Cc1cc(NC(N)=O)c(C(Cl)C(Cl)(Cl)Cl)c(C)c1S(=O)(=O)c1ccc(Cl)cc1. The van der Waals surface area contributed by atoms with Gasteiger partial charge in [0, 0.05) is 16.3 Å². The average Bonchev–Trinajstić information content (AvgIpc) is 2.52. The quantitative estimate of drug-likeness (QED) is 0.506. The van der Waals surface area contributed by atoms with E-state index in [0.717, 1.165) is 0 Å². The number of carbonyl (C=O) groups is 1. The van der Waals surface area contributed by atoms with Crippen LogP contribution in [0.4, 0.5) is 10.5 Å². The van der Waals surface area contributed by atoms with E-state index in [1.165, 1.54) is 37.3 Å². The predicted molar refractivity (Wildman–Crippen MR) is 115 cm³/mol. The minimum Gasteiger partial charge on any atom is -0.351 e.